The van der Waals surface area contributed by atoms with Gasteiger partial charge in [0.1, 0.15) is 5.15 Å². The number of halogens is 2. The average molecular weight is 233 g/mol. The number of aromatic nitrogens is 1. The van der Waals surface area contributed by atoms with Crippen molar-refractivity contribution in [3.8, 4) is 0 Å². The van der Waals surface area contributed by atoms with Gasteiger partial charge in [0.2, 0.25) is 0 Å². The molecule has 1 nitrogen and oxygen atoms in total. The van der Waals surface area contributed by atoms with Crippen LogP contribution in [0.4, 0.5) is 0 Å². The average Bonchev–Trinajstić information content (AvgIpc) is 2.04. The van der Waals surface area contributed by atoms with E-state index >= 15 is 0 Å². The van der Waals surface area contributed by atoms with Gasteiger partial charge in [-0.2, -0.15) is 0 Å². The molecule has 0 atom stereocenters. The van der Waals surface area contributed by atoms with E-state index in [9.17, 15) is 0 Å². The summed E-state index contributed by atoms with van der Waals surface area (Å²) >= 11 is 8.89. The second-order valence-electron chi connectivity index (χ2n) is 1.97. The van der Waals surface area contributed by atoms with Gasteiger partial charge in [0.25, 0.3) is 0 Å². The maximum Gasteiger partial charge on any atom is 0.129 e. The van der Waals surface area contributed by atoms with Crippen LogP contribution in [-0.2, 0) is 0 Å². The molecule has 0 saturated carbocycles. The maximum absolute atomic E-state index is 5.60. The normalized spacial score (nSPS) is 10.7. The van der Waals surface area contributed by atoms with Crippen molar-refractivity contribution in [3.05, 3.63) is 35.1 Å². The zero-order valence-corrected chi connectivity index (χ0v) is 8.14. The Labute approximate surface area is 79.2 Å². The van der Waals surface area contributed by atoms with Gasteiger partial charge in [-0.1, -0.05) is 45.7 Å². The van der Waals surface area contributed by atoms with Gasteiger partial charge in [0.05, 0.1) is 0 Å². The number of nitrogens with zero attached hydrogens (tertiary/aromatic N) is 1. The number of allylic oxidation sites excluding steroid dienone is 1. The molecule has 1 aromatic rings. The summed E-state index contributed by atoms with van der Waals surface area (Å²) in [5, 5.41) is 1.39. The summed E-state index contributed by atoms with van der Waals surface area (Å²) in [5.41, 5.74) is 1.06. The molecule has 0 radical (unpaired) electrons. The fraction of sp³-hybridized carbons (Fsp3) is 0.125. The van der Waals surface area contributed by atoms with E-state index in [-0.39, 0.29) is 0 Å². The van der Waals surface area contributed by atoms with E-state index in [2.05, 4.69) is 20.9 Å². The largest absolute Gasteiger partial charge is 0.244 e. The van der Waals surface area contributed by atoms with E-state index in [1.54, 1.807) is 12.3 Å². The zero-order valence-electron chi connectivity index (χ0n) is 5.80. The maximum atomic E-state index is 5.60. The Kier molecular flexibility index (Phi) is 3.60. The van der Waals surface area contributed by atoms with Crippen LogP contribution in [0.2, 0.25) is 5.15 Å². The van der Waals surface area contributed by atoms with Crippen LogP contribution in [0.1, 0.15) is 5.56 Å². The smallest absolute Gasteiger partial charge is 0.129 e. The van der Waals surface area contributed by atoms with Gasteiger partial charge in [-0.15, -0.1) is 0 Å². The molecule has 1 aromatic heterocycles. The number of hydrogen-bond acceptors (Lipinski definition) is 1. The van der Waals surface area contributed by atoms with Crippen LogP contribution >= 0.6 is 27.5 Å². The molecule has 1 heterocycles. The Bertz CT molecular complexity index is 243. The summed E-state index contributed by atoms with van der Waals surface area (Å²) in [7, 11) is 0. The molecule has 0 saturated heterocycles. The van der Waals surface area contributed by atoms with Crippen LogP contribution in [0.15, 0.2) is 24.4 Å². The fourth-order valence-corrected chi connectivity index (χ4v) is 0.965. The molecule has 0 aliphatic carbocycles. The highest BCUT2D eigenvalue weighted by Crippen LogP contribution is 2.06. The summed E-state index contributed by atoms with van der Waals surface area (Å²) in [6, 6.07) is 3.70. The fourth-order valence-electron chi connectivity index (χ4n) is 0.666. The molecule has 11 heavy (non-hydrogen) atoms. The molecule has 0 N–H and O–H groups in total. The molecule has 3 heteroatoms. The van der Waals surface area contributed by atoms with Crippen molar-refractivity contribution in [2.45, 2.75) is 0 Å². The molecule has 1 rings (SSSR count). The third-order valence-electron chi connectivity index (χ3n) is 1.15. The summed E-state index contributed by atoms with van der Waals surface area (Å²) in [6.45, 7) is 0. The lowest BCUT2D eigenvalue weighted by atomic mass is 10.3. The van der Waals surface area contributed by atoms with E-state index in [4.69, 9.17) is 11.6 Å². The number of rotatable bonds is 2. The summed E-state index contributed by atoms with van der Waals surface area (Å²) in [5.74, 6) is 0. The lowest BCUT2D eigenvalue weighted by Crippen LogP contribution is -1.75. The number of alkyl halides is 1. The Hall–Kier alpha value is -0.340. The van der Waals surface area contributed by atoms with Gasteiger partial charge >= 0.3 is 0 Å². The van der Waals surface area contributed by atoms with Crippen molar-refractivity contribution in [1.29, 1.82) is 0 Å². The third-order valence-corrected chi connectivity index (χ3v) is 1.75. The molecular weight excluding hydrogens is 225 g/mol. The second-order valence-corrected chi connectivity index (χ2v) is 3.01. The molecule has 0 aliphatic rings. The second kappa shape index (κ2) is 4.52. The minimum atomic E-state index is 0.529. The lowest BCUT2D eigenvalue weighted by Gasteiger charge is -1.90. The predicted molar refractivity (Wildman–Crippen MR) is 52.1 cm³/mol. The molecule has 0 spiro atoms. The molecule has 0 bridgehead atoms. The summed E-state index contributed by atoms with van der Waals surface area (Å²) in [6.07, 6.45) is 5.73. The van der Waals surface area contributed by atoms with Crippen molar-refractivity contribution in [2.24, 2.45) is 0 Å². The third kappa shape index (κ3) is 3.04. The first-order valence-corrected chi connectivity index (χ1v) is 4.67. The van der Waals surface area contributed by atoms with Crippen LogP contribution < -0.4 is 0 Å². The Balaban J connectivity index is 2.73. The molecule has 0 aliphatic heterocycles. The van der Waals surface area contributed by atoms with Gasteiger partial charge in [-0.05, 0) is 11.6 Å². The van der Waals surface area contributed by atoms with Crippen molar-refractivity contribution in [1.82, 2.24) is 4.98 Å². The highest BCUT2D eigenvalue weighted by atomic mass is 79.9. The predicted octanol–water partition coefficient (Wildman–Crippen LogP) is 3.14. The minimum absolute atomic E-state index is 0.529. The first kappa shape index (κ1) is 8.75. The van der Waals surface area contributed by atoms with E-state index in [0.29, 0.717) is 5.15 Å². The van der Waals surface area contributed by atoms with E-state index in [0.717, 1.165) is 10.9 Å². The zero-order chi connectivity index (χ0) is 8.10. The Morgan fingerprint density at radius 3 is 2.91 bits per heavy atom. The van der Waals surface area contributed by atoms with Crippen molar-refractivity contribution in [3.63, 3.8) is 0 Å². The van der Waals surface area contributed by atoms with Crippen molar-refractivity contribution < 1.29 is 0 Å². The standard InChI is InChI=1S/C8H7BrClN/c9-5-1-2-7-3-4-8(10)11-6-7/h1-4,6H,5H2. The topological polar surface area (TPSA) is 12.9 Å². The monoisotopic (exact) mass is 231 g/mol. The van der Waals surface area contributed by atoms with Crippen molar-refractivity contribution in [2.75, 3.05) is 5.33 Å². The Morgan fingerprint density at radius 2 is 2.36 bits per heavy atom. The van der Waals surface area contributed by atoms with Crippen LogP contribution in [-0.4, -0.2) is 10.3 Å². The van der Waals surface area contributed by atoms with E-state index in [1.165, 1.54) is 0 Å². The molecule has 58 valence electrons. The van der Waals surface area contributed by atoms with Gasteiger partial charge in [0.15, 0.2) is 0 Å². The number of hydrogen-bond donors (Lipinski definition) is 0. The first-order valence-electron chi connectivity index (χ1n) is 3.17. The van der Waals surface area contributed by atoms with E-state index in [1.807, 2.05) is 18.2 Å². The van der Waals surface area contributed by atoms with Crippen LogP contribution in [0.25, 0.3) is 6.08 Å². The van der Waals surface area contributed by atoms with Gasteiger partial charge in [-0.25, -0.2) is 4.98 Å². The summed E-state index contributed by atoms with van der Waals surface area (Å²) in [4.78, 5) is 3.93. The molecule has 0 aromatic carbocycles. The highest BCUT2D eigenvalue weighted by molar-refractivity contribution is 9.09. The van der Waals surface area contributed by atoms with E-state index < -0.39 is 0 Å². The minimum Gasteiger partial charge on any atom is -0.244 e. The van der Waals surface area contributed by atoms with Gasteiger partial charge in [-0.3, -0.25) is 0 Å². The quantitative estimate of drug-likeness (QED) is 0.564. The van der Waals surface area contributed by atoms with Crippen LogP contribution in [0.5, 0.6) is 0 Å². The van der Waals surface area contributed by atoms with Gasteiger partial charge in [0, 0.05) is 11.5 Å². The lowest BCUT2D eigenvalue weighted by molar-refractivity contribution is 1.32. The number of pyridine rings is 1. The molecule has 0 amide bonds. The molecule has 0 unspecified atom stereocenters. The van der Waals surface area contributed by atoms with Crippen LogP contribution in [0.3, 0.4) is 0 Å². The summed E-state index contributed by atoms with van der Waals surface area (Å²) < 4.78 is 0. The SMILES string of the molecule is Clc1ccc(C=CCBr)cn1. The van der Waals surface area contributed by atoms with Crippen LogP contribution in [0, 0.1) is 0 Å². The molecule has 0 fully saturated rings. The highest BCUT2D eigenvalue weighted by Gasteiger charge is 1.87. The van der Waals surface area contributed by atoms with Gasteiger partial charge < -0.3 is 0 Å². The Morgan fingerprint density at radius 1 is 1.55 bits per heavy atom. The molecular formula is C8H7BrClN. The first-order chi connectivity index (χ1) is 5.33. The van der Waals surface area contributed by atoms with Crippen molar-refractivity contribution >= 4 is 33.6 Å².